The lowest BCUT2D eigenvalue weighted by molar-refractivity contribution is -0.237. The molecule has 0 N–H and O–H groups in total. The molecule has 0 bridgehead atoms. The SMILES string of the molecule is CC(=O)OC[C@H]1O[C@@H](Sc2nnc(-c3ccco3)n2-c2ccccc2)[C@H](OC(C)=O)[C@@H](OC(C)=O)[C@@H]1OC(C)=O. The van der Waals surface area contributed by atoms with Crippen LogP contribution in [0.2, 0.25) is 0 Å². The summed E-state index contributed by atoms with van der Waals surface area (Å²) in [5, 5.41) is 8.94. The maximum absolute atomic E-state index is 12.2. The molecule has 0 spiro atoms. The zero-order valence-corrected chi connectivity index (χ0v) is 22.9. The van der Waals surface area contributed by atoms with E-state index in [0.29, 0.717) is 22.4 Å². The number of para-hydroxylation sites is 1. The zero-order chi connectivity index (χ0) is 28.8. The first-order valence-electron chi connectivity index (χ1n) is 12.2. The number of hydrogen-bond donors (Lipinski definition) is 0. The molecule has 0 saturated carbocycles. The van der Waals surface area contributed by atoms with Gasteiger partial charge in [0.15, 0.2) is 34.7 Å². The van der Waals surface area contributed by atoms with Crippen molar-refractivity contribution in [2.24, 2.45) is 0 Å². The number of benzene rings is 1. The quantitative estimate of drug-likeness (QED) is 0.272. The van der Waals surface area contributed by atoms with Gasteiger partial charge in [-0.05, 0) is 36.0 Å². The van der Waals surface area contributed by atoms with Gasteiger partial charge in [-0.15, -0.1) is 10.2 Å². The molecule has 5 atom stereocenters. The van der Waals surface area contributed by atoms with E-state index in [2.05, 4.69) is 10.2 Å². The molecule has 0 radical (unpaired) electrons. The van der Waals surface area contributed by atoms with Crippen molar-refractivity contribution in [2.45, 2.75) is 62.7 Å². The number of carbonyl (C=O) groups is 4. The molecular formula is C26H27N3O10S. The number of esters is 4. The van der Waals surface area contributed by atoms with E-state index in [1.165, 1.54) is 20.1 Å². The highest BCUT2D eigenvalue weighted by molar-refractivity contribution is 7.99. The van der Waals surface area contributed by atoms with Gasteiger partial charge in [0.05, 0.1) is 6.26 Å². The summed E-state index contributed by atoms with van der Waals surface area (Å²) in [7, 11) is 0. The molecule has 14 heteroatoms. The van der Waals surface area contributed by atoms with Crippen LogP contribution >= 0.6 is 11.8 Å². The van der Waals surface area contributed by atoms with Crippen LogP contribution in [0.4, 0.5) is 0 Å². The Kier molecular flexibility index (Phi) is 9.22. The number of carbonyl (C=O) groups excluding carboxylic acids is 4. The van der Waals surface area contributed by atoms with Crippen molar-refractivity contribution in [3.8, 4) is 17.3 Å². The molecule has 1 saturated heterocycles. The summed E-state index contributed by atoms with van der Waals surface area (Å²) >= 11 is 1.02. The van der Waals surface area contributed by atoms with Crippen LogP contribution in [0.25, 0.3) is 17.3 Å². The number of aromatic nitrogens is 3. The molecule has 2 aromatic heterocycles. The molecular weight excluding hydrogens is 546 g/mol. The van der Waals surface area contributed by atoms with Crippen LogP contribution in [0.1, 0.15) is 27.7 Å². The van der Waals surface area contributed by atoms with Crippen molar-refractivity contribution in [3.63, 3.8) is 0 Å². The van der Waals surface area contributed by atoms with Crippen LogP contribution < -0.4 is 0 Å². The van der Waals surface area contributed by atoms with E-state index in [1.807, 2.05) is 30.3 Å². The van der Waals surface area contributed by atoms with Crippen molar-refractivity contribution in [3.05, 3.63) is 48.7 Å². The molecule has 212 valence electrons. The summed E-state index contributed by atoms with van der Waals surface area (Å²) in [5.74, 6) is -1.89. The average Bonchev–Trinajstić information content (AvgIpc) is 3.56. The third kappa shape index (κ3) is 6.87. The fraction of sp³-hybridized carbons (Fsp3) is 0.385. The monoisotopic (exact) mass is 573 g/mol. The molecule has 1 aliphatic rings. The van der Waals surface area contributed by atoms with Crippen LogP contribution in [-0.2, 0) is 42.9 Å². The predicted molar refractivity (Wildman–Crippen MR) is 137 cm³/mol. The Morgan fingerprint density at radius 2 is 1.48 bits per heavy atom. The van der Waals surface area contributed by atoms with Crippen LogP contribution in [-0.4, -0.2) is 75.1 Å². The smallest absolute Gasteiger partial charge is 0.303 e. The highest BCUT2D eigenvalue weighted by Crippen LogP contribution is 2.39. The largest absolute Gasteiger partial charge is 0.463 e. The lowest BCUT2D eigenvalue weighted by Gasteiger charge is -2.43. The Hall–Kier alpha value is -4.17. The summed E-state index contributed by atoms with van der Waals surface area (Å²) < 4.78 is 35.1. The summed E-state index contributed by atoms with van der Waals surface area (Å²) in [4.78, 5) is 47.9. The second-order valence-electron chi connectivity index (χ2n) is 8.64. The van der Waals surface area contributed by atoms with E-state index in [1.54, 1.807) is 16.7 Å². The first-order valence-corrected chi connectivity index (χ1v) is 13.0. The Balaban J connectivity index is 1.78. The third-order valence-electron chi connectivity index (χ3n) is 5.56. The lowest BCUT2D eigenvalue weighted by Crippen LogP contribution is -2.61. The van der Waals surface area contributed by atoms with E-state index in [-0.39, 0.29) is 6.61 Å². The van der Waals surface area contributed by atoms with Gasteiger partial charge in [-0.3, -0.25) is 23.7 Å². The fourth-order valence-corrected chi connectivity index (χ4v) is 5.24. The normalized spacial score (nSPS) is 22.2. The van der Waals surface area contributed by atoms with Gasteiger partial charge in [0, 0.05) is 33.4 Å². The van der Waals surface area contributed by atoms with Crippen LogP contribution in [0.15, 0.2) is 58.3 Å². The van der Waals surface area contributed by atoms with E-state index in [4.69, 9.17) is 28.1 Å². The molecule has 1 aromatic carbocycles. The Bertz CT molecular complexity index is 1340. The van der Waals surface area contributed by atoms with Crippen LogP contribution in [0.3, 0.4) is 0 Å². The number of hydrogen-bond acceptors (Lipinski definition) is 13. The fourth-order valence-electron chi connectivity index (χ4n) is 4.11. The van der Waals surface area contributed by atoms with Crippen molar-refractivity contribution >= 4 is 35.6 Å². The highest BCUT2D eigenvalue weighted by Gasteiger charge is 2.53. The molecule has 0 unspecified atom stereocenters. The lowest BCUT2D eigenvalue weighted by atomic mass is 9.99. The molecule has 3 aromatic rings. The molecule has 3 heterocycles. The van der Waals surface area contributed by atoms with Gasteiger partial charge in [-0.2, -0.15) is 0 Å². The Morgan fingerprint density at radius 3 is 2.08 bits per heavy atom. The molecule has 1 fully saturated rings. The first kappa shape index (κ1) is 28.8. The summed E-state index contributed by atoms with van der Waals surface area (Å²) in [5.41, 5.74) is -0.372. The van der Waals surface area contributed by atoms with Crippen LogP contribution in [0, 0.1) is 0 Å². The van der Waals surface area contributed by atoms with Gasteiger partial charge < -0.3 is 28.1 Å². The Labute approximate surface area is 233 Å². The standard InChI is InChI=1S/C26H27N3O10S/c1-14(30)35-13-20-21(36-15(2)31)22(37-16(3)32)23(38-17(4)33)25(39-20)40-26-28-27-24(19-11-8-12-34-19)29(26)18-9-6-5-7-10-18/h5-12,20-23,25H,13H2,1-4H3/t20-,21-,22+,23-,25+/m1/s1. The van der Waals surface area contributed by atoms with E-state index in [9.17, 15) is 19.2 Å². The molecule has 1 aliphatic heterocycles. The van der Waals surface area contributed by atoms with Gasteiger partial charge >= 0.3 is 23.9 Å². The highest BCUT2D eigenvalue weighted by atomic mass is 32.2. The van der Waals surface area contributed by atoms with Gasteiger partial charge in [0.25, 0.3) is 0 Å². The topological polar surface area (TPSA) is 158 Å². The number of rotatable bonds is 9. The number of nitrogens with zero attached hydrogens (tertiary/aromatic N) is 3. The Morgan fingerprint density at radius 1 is 0.825 bits per heavy atom. The second kappa shape index (κ2) is 12.8. The summed E-state index contributed by atoms with van der Waals surface area (Å²) in [6, 6.07) is 12.7. The molecule has 13 nitrogen and oxygen atoms in total. The van der Waals surface area contributed by atoms with Gasteiger partial charge in [-0.1, -0.05) is 18.2 Å². The van der Waals surface area contributed by atoms with Crippen molar-refractivity contribution in [2.75, 3.05) is 6.61 Å². The predicted octanol–water partition coefficient (Wildman–Crippen LogP) is 2.70. The molecule has 0 aliphatic carbocycles. The van der Waals surface area contributed by atoms with E-state index >= 15 is 0 Å². The number of thioether (sulfide) groups is 1. The molecule has 40 heavy (non-hydrogen) atoms. The van der Waals surface area contributed by atoms with Crippen LogP contribution in [0.5, 0.6) is 0 Å². The summed E-state index contributed by atoms with van der Waals surface area (Å²) in [6.07, 6.45) is -3.38. The number of ether oxygens (including phenoxy) is 5. The maximum atomic E-state index is 12.2. The second-order valence-corrected chi connectivity index (χ2v) is 9.71. The van der Waals surface area contributed by atoms with Gasteiger partial charge in [0.2, 0.25) is 5.82 Å². The van der Waals surface area contributed by atoms with Crippen molar-refractivity contribution in [1.82, 2.24) is 14.8 Å². The first-order chi connectivity index (χ1) is 19.1. The summed E-state index contributed by atoms with van der Waals surface area (Å²) in [6.45, 7) is 4.38. The maximum Gasteiger partial charge on any atom is 0.303 e. The molecule has 4 rings (SSSR count). The zero-order valence-electron chi connectivity index (χ0n) is 22.0. The van der Waals surface area contributed by atoms with Gasteiger partial charge in [0.1, 0.15) is 12.7 Å². The average molecular weight is 574 g/mol. The number of furan rings is 1. The van der Waals surface area contributed by atoms with Crippen molar-refractivity contribution in [1.29, 1.82) is 0 Å². The minimum atomic E-state index is -1.30. The minimum absolute atomic E-state index is 0.318. The third-order valence-corrected chi connectivity index (χ3v) is 6.65. The minimum Gasteiger partial charge on any atom is -0.463 e. The molecule has 0 amide bonds. The van der Waals surface area contributed by atoms with Crippen molar-refractivity contribution < 1.29 is 47.3 Å². The van der Waals surface area contributed by atoms with Gasteiger partial charge in [-0.25, -0.2) is 0 Å². The van der Waals surface area contributed by atoms with E-state index < -0.39 is 53.7 Å². The van der Waals surface area contributed by atoms with E-state index in [0.717, 1.165) is 25.6 Å².